The van der Waals surface area contributed by atoms with Crippen LogP contribution >= 0.6 is 11.3 Å². The quantitative estimate of drug-likeness (QED) is 0.647. The Bertz CT molecular complexity index is 436. The lowest BCUT2D eigenvalue weighted by Gasteiger charge is -2.29. The van der Waals surface area contributed by atoms with Crippen LogP contribution in [-0.4, -0.2) is 23.0 Å². The van der Waals surface area contributed by atoms with E-state index in [2.05, 4.69) is 10.6 Å². The molecule has 98 valence electrons. The zero-order valence-corrected chi connectivity index (χ0v) is 10.9. The number of rotatable bonds is 4. The van der Waals surface area contributed by atoms with Crippen LogP contribution in [0.4, 0.5) is 5.00 Å². The van der Waals surface area contributed by atoms with Gasteiger partial charge in [-0.1, -0.05) is 11.3 Å². The molecular weight excluding hydrogens is 250 g/mol. The van der Waals surface area contributed by atoms with Crippen molar-refractivity contribution in [3.05, 3.63) is 27.1 Å². The van der Waals surface area contributed by atoms with Gasteiger partial charge in [-0.05, 0) is 31.7 Å². The molecule has 2 aliphatic heterocycles. The Morgan fingerprint density at radius 3 is 2.72 bits per heavy atom. The first-order chi connectivity index (χ1) is 8.70. The second-order valence-corrected chi connectivity index (χ2v) is 6.33. The summed E-state index contributed by atoms with van der Waals surface area (Å²) in [7, 11) is 0. The highest BCUT2D eigenvalue weighted by atomic mass is 32.1. The van der Waals surface area contributed by atoms with Gasteiger partial charge in [0, 0.05) is 35.6 Å². The molecule has 1 aromatic heterocycles. The van der Waals surface area contributed by atoms with E-state index in [-0.39, 0.29) is 9.92 Å². The average Bonchev–Trinajstić information content (AvgIpc) is 2.94. The van der Waals surface area contributed by atoms with Gasteiger partial charge in [0.05, 0.1) is 4.92 Å². The van der Waals surface area contributed by atoms with Crippen molar-refractivity contribution in [1.82, 2.24) is 10.6 Å². The van der Waals surface area contributed by atoms with Crippen LogP contribution in [0.5, 0.6) is 0 Å². The number of hydrogen-bond donors (Lipinski definition) is 2. The van der Waals surface area contributed by atoms with E-state index in [1.54, 1.807) is 6.07 Å². The van der Waals surface area contributed by atoms with Gasteiger partial charge in [0.25, 0.3) is 0 Å². The molecule has 18 heavy (non-hydrogen) atoms. The molecule has 6 heteroatoms. The fourth-order valence-corrected chi connectivity index (χ4v) is 3.80. The van der Waals surface area contributed by atoms with E-state index in [0.717, 1.165) is 11.4 Å². The lowest BCUT2D eigenvalue weighted by atomic mass is 10.00. The highest BCUT2D eigenvalue weighted by Gasteiger charge is 2.33. The Morgan fingerprint density at radius 2 is 2.11 bits per heavy atom. The molecule has 3 heterocycles. The molecule has 2 aliphatic rings. The maximum absolute atomic E-state index is 10.6. The second-order valence-electron chi connectivity index (χ2n) is 5.18. The summed E-state index contributed by atoms with van der Waals surface area (Å²) in [6.45, 7) is 0.753. The Labute approximate surface area is 110 Å². The zero-order chi connectivity index (χ0) is 12.5. The highest BCUT2D eigenvalue weighted by Crippen LogP contribution is 2.28. The molecule has 0 spiro atoms. The molecule has 0 aliphatic carbocycles. The van der Waals surface area contributed by atoms with Crippen LogP contribution in [0.15, 0.2) is 12.1 Å². The first-order valence-corrected chi connectivity index (χ1v) is 7.25. The van der Waals surface area contributed by atoms with Crippen LogP contribution < -0.4 is 10.6 Å². The molecule has 2 bridgehead atoms. The van der Waals surface area contributed by atoms with Gasteiger partial charge in [-0.25, -0.2) is 0 Å². The number of thiophene rings is 1. The van der Waals surface area contributed by atoms with Gasteiger partial charge in [-0.3, -0.25) is 10.1 Å². The molecule has 0 amide bonds. The molecule has 5 nitrogen and oxygen atoms in total. The molecule has 2 atom stereocenters. The van der Waals surface area contributed by atoms with Crippen molar-refractivity contribution >= 4 is 16.3 Å². The Hall–Kier alpha value is -0.980. The smallest absolute Gasteiger partial charge is 0.311 e. The molecule has 2 fully saturated rings. The van der Waals surface area contributed by atoms with Crippen molar-refractivity contribution in [3.63, 3.8) is 0 Å². The predicted molar refractivity (Wildman–Crippen MR) is 70.8 cm³/mol. The lowest BCUT2D eigenvalue weighted by Crippen LogP contribution is -2.45. The van der Waals surface area contributed by atoms with Crippen LogP contribution in [0.3, 0.4) is 0 Å². The molecule has 1 aromatic rings. The topological polar surface area (TPSA) is 67.2 Å². The number of nitrogens with one attached hydrogen (secondary N) is 2. The summed E-state index contributed by atoms with van der Waals surface area (Å²) in [6.07, 6.45) is 4.97. The van der Waals surface area contributed by atoms with Gasteiger partial charge >= 0.3 is 5.00 Å². The molecule has 0 radical (unpaired) electrons. The predicted octanol–water partition coefficient (Wildman–Crippen LogP) is 2.03. The van der Waals surface area contributed by atoms with Crippen LogP contribution in [0.25, 0.3) is 0 Å². The molecule has 2 saturated heterocycles. The van der Waals surface area contributed by atoms with E-state index in [0.29, 0.717) is 18.1 Å². The van der Waals surface area contributed by atoms with Crippen molar-refractivity contribution in [2.24, 2.45) is 0 Å². The van der Waals surface area contributed by atoms with Crippen molar-refractivity contribution in [1.29, 1.82) is 0 Å². The zero-order valence-electron chi connectivity index (χ0n) is 10.1. The summed E-state index contributed by atoms with van der Waals surface area (Å²) in [6, 6.07) is 5.36. The number of hydrogen-bond acceptors (Lipinski definition) is 5. The monoisotopic (exact) mass is 267 g/mol. The van der Waals surface area contributed by atoms with Crippen molar-refractivity contribution in [2.75, 3.05) is 0 Å². The van der Waals surface area contributed by atoms with Crippen LogP contribution in [0.1, 0.15) is 30.6 Å². The minimum atomic E-state index is -0.321. The third-order valence-electron chi connectivity index (χ3n) is 3.87. The normalized spacial score (nSPS) is 30.6. The second kappa shape index (κ2) is 4.95. The van der Waals surface area contributed by atoms with Gasteiger partial charge in [-0.2, -0.15) is 0 Å². The first kappa shape index (κ1) is 12.1. The number of piperidine rings is 1. The van der Waals surface area contributed by atoms with Crippen LogP contribution in [0.2, 0.25) is 0 Å². The van der Waals surface area contributed by atoms with Gasteiger partial charge < -0.3 is 10.6 Å². The van der Waals surface area contributed by atoms with E-state index < -0.39 is 0 Å². The van der Waals surface area contributed by atoms with Crippen LogP contribution in [-0.2, 0) is 6.54 Å². The average molecular weight is 267 g/mol. The Balaban J connectivity index is 1.53. The number of nitro groups is 1. The third kappa shape index (κ3) is 2.55. The van der Waals surface area contributed by atoms with Crippen molar-refractivity contribution in [2.45, 2.75) is 50.4 Å². The molecule has 0 saturated carbocycles. The van der Waals surface area contributed by atoms with Crippen molar-refractivity contribution < 1.29 is 4.92 Å². The van der Waals surface area contributed by atoms with Crippen molar-refractivity contribution in [3.8, 4) is 0 Å². The lowest BCUT2D eigenvalue weighted by molar-refractivity contribution is -0.380. The maximum atomic E-state index is 10.6. The van der Waals surface area contributed by atoms with Gasteiger partial charge in [0.2, 0.25) is 0 Å². The van der Waals surface area contributed by atoms with Gasteiger partial charge in [0.15, 0.2) is 0 Å². The summed E-state index contributed by atoms with van der Waals surface area (Å²) in [5.74, 6) is 0. The minimum Gasteiger partial charge on any atom is -0.311 e. The summed E-state index contributed by atoms with van der Waals surface area (Å²) in [5, 5.41) is 18.0. The van der Waals surface area contributed by atoms with Gasteiger partial charge in [-0.15, -0.1) is 0 Å². The van der Waals surface area contributed by atoms with E-state index in [1.165, 1.54) is 37.0 Å². The fourth-order valence-electron chi connectivity index (χ4n) is 3.03. The molecule has 0 aromatic carbocycles. The Kier molecular flexibility index (Phi) is 3.32. The SMILES string of the molecule is O=[N+]([O-])c1ccc(CNC2CC3CCC(C2)N3)s1. The summed E-state index contributed by atoms with van der Waals surface area (Å²) >= 11 is 1.27. The standard InChI is InChI=1S/C12H17N3O2S/c16-15(17)12-4-3-11(18-12)7-13-10-5-8-1-2-9(6-10)14-8/h3-4,8-10,13-14H,1-2,5-7H2. The fraction of sp³-hybridized carbons (Fsp3) is 0.667. The minimum absolute atomic E-state index is 0.234. The molecule has 2 N–H and O–H groups in total. The first-order valence-electron chi connectivity index (χ1n) is 6.43. The molecular formula is C12H17N3O2S. The number of fused-ring (bicyclic) bond motifs is 2. The summed E-state index contributed by atoms with van der Waals surface area (Å²) in [4.78, 5) is 11.3. The van der Waals surface area contributed by atoms with E-state index in [9.17, 15) is 10.1 Å². The Morgan fingerprint density at radius 1 is 1.39 bits per heavy atom. The van der Waals surface area contributed by atoms with E-state index >= 15 is 0 Å². The third-order valence-corrected chi connectivity index (χ3v) is 4.90. The molecule has 3 rings (SSSR count). The molecule has 2 unspecified atom stereocenters. The maximum Gasteiger partial charge on any atom is 0.324 e. The van der Waals surface area contributed by atoms with Gasteiger partial charge in [0.1, 0.15) is 0 Å². The van der Waals surface area contributed by atoms with E-state index in [1.807, 2.05) is 6.07 Å². The summed E-state index contributed by atoms with van der Waals surface area (Å²) in [5.41, 5.74) is 0. The number of nitrogens with zero attached hydrogens (tertiary/aromatic N) is 1. The van der Waals surface area contributed by atoms with Crippen LogP contribution in [0, 0.1) is 10.1 Å². The largest absolute Gasteiger partial charge is 0.324 e. The summed E-state index contributed by atoms with van der Waals surface area (Å²) < 4.78 is 0. The van der Waals surface area contributed by atoms with E-state index in [4.69, 9.17) is 0 Å². The highest BCUT2D eigenvalue weighted by molar-refractivity contribution is 7.15.